The van der Waals surface area contributed by atoms with Gasteiger partial charge in [0, 0.05) is 0 Å². The molecule has 3 N–H and O–H groups in total. The van der Waals surface area contributed by atoms with Crippen LogP contribution in [0.5, 0.6) is 0 Å². The van der Waals surface area contributed by atoms with Gasteiger partial charge in [-0.15, -0.1) is 0 Å². The first-order chi connectivity index (χ1) is 8.59. The smallest absolute Gasteiger partial charge is 0.00182 e. The van der Waals surface area contributed by atoms with Gasteiger partial charge in [0.1, 0.15) is 0 Å². The molecule has 0 saturated heterocycles. The first kappa shape index (κ1) is 18.9. The van der Waals surface area contributed by atoms with Gasteiger partial charge in [0.25, 0.3) is 0 Å². The number of nitrogens with two attached hydrogens (primary N) is 1. The third-order valence-electron chi connectivity index (χ3n) is 4.57. The standard InChI is InChI=1S/C17H38N2/c1-14(16(2,3)4)13-19-12-8-9-15(10-11-18)17(5,6)7/h14-15,19H,8-13,18H2,1-7H3. The Morgan fingerprint density at radius 2 is 1.53 bits per heavy atom. The van der Waals surface area contributed by atoms with E-state index >= 15 is 0 Å². The molecule has 0 aliphatic heterocycles. The molecule has 0 saturated carbocycles. The normalized spacial score (nSPS) is 16.4. The quantitative estimate of drug-likeness (QED) is 0.653. The van der Waals surface area contributed by atoms with Crippen molar-refractivity contribution in [3.8, 4) is 0 Å². The van der Waals surface area contributed by atoms with Crippen LogP contribution >= 0.6 is 0 Å². The highest BCUT2D eigenvalue weighted by atomic mass is 14.9. The van der Waals surface area contributed by atoms with Gasteiger partial charge in [-0.25, -0.2) is 0 Å². The molecule has 0 bridgehead atoms. The largest absolute Gasteiger partial charge is 0.330 e. The summed E-state index contributed by atoms with van der Waals surface area (Å²) in [4.78, 5) is 0. The average molecular weight is 271 g/mol. The highest BCUT2D eigenvalue weighted by molar-refractivity contribution is 4.75. The molecule has 0 aliphatic rings. The van der Waals surface area contributed by atoms with E-state index < -0.39 is 0 Å². The van der Waals surface area contributed by atoms with Crippen LogP contribution in [0.4, 0.5) is 0 Å². The molecule has 0 aliphatic carbocycles. The zero-order valence-electron chi connectivity index (χ0n) is 14.5. The van der Waals surface area contributed by atoms with E-state index in [0.29, 0.717) is 10.8 Å². The van der Waals surface area contributed by atoms with E-state index in [4.69, 9.17) is 5.73 Å². The Morgan fingerprint density at radius 3 is 1.95 bits per heavy atom. The van der Waals surface area contributed by atoms with E-state index in [9.17, 15) is 0 Å². The van der Waals surface area contributed by atoms with Crippen LogP contribution in [0.15, 0.2) is 0 Å². The second kappa shape index (κ2) is 8.26. The fourth-order valence-electron chi connectivity index (χ4n) is 2.31. The molecule has 0 aromatic rings. The Hall–Kier alpha value is -0.0800. The zero-order valence-corrected chi connectivity index (χ0v) is 14.5. The number of hydrogen-bond acceptors (Lipinski definition) is 2. The molecule has 2 unspecified atom stereocenters. The van der Waals surface area contributed by atoms with E-state index in [0.717, 1.165) is 37.9 Å². The number of hydrogen-bond donors (Lipinski definition) is 2. The highest BCUT2D eigenvalue weighted by Gasteiger charge is 2.23. The first-order valence-electron chi connectivity index (χ1n) is 7.99. The molecular formula is C17H38N2. The van der Waals surface area contributed by atoms with Crippen LogP contribution in [0.2, 0.25) is 0 Å². The SMILES string of the molecule is CC(CNCCCC(CCN)C(C)(C)C)C(C)(C)C. The lowest BCUT2D eigenvalue weighted by Gasteiger charge is -2.31. The van der Waals surface area contributed by atoms with Crippen molar-refractivity contribution in [3.63, 3.8) is 0 Å². The molecule has 0 heterocycles. The van der Waals surface area contributed by atoms with Crippen molar-refractivity contribution in [3.05, 3.63) is 0 Å². The van der Waals surface area contributed by atoms with Crippen LogP contribution in [0.1, 0.15) is 67.7 Å². The Labute approximate surface area is 121 Å². The fraction of sp³-hybridized carbons (Fsp3) is 1.00. The van der Waals surface area contributed by atoms with E-state index in [1.807, 2.05) is 0 Å². The summed E-state index contributed by atoms with van der Waals surface area (Å²) in [7, 11) is 0. The fourth-order valence-corrected chi connectivity index (χ4v) is 2.31. The summed E-state index contributed by atoms with van der Waals surface area (Å²) >= 11 is 0. The van der Waals surface area contributed by atoms with Gasteiger partial charge in [0.15, 0.2) is 0 Å². The molecule has 2 atom stereocenters. The van der Waals surface area contributed by atoms with Crippen molar-refractivity contribution in [2.45, 2.75) is 67.7 Å². The molecule has 0 fully saturated rings. The molecule has 0 radical (unpaired) electrons. The summed E-state index contributed by atoms with van der Waals surface area (Å²) in [5.74, 6) is 1.47. The van der Waals surface area contributed by atoms with Crippen molar-refractivity contribution >= 4 is 0 Å². The monoisotopic (exact) mass is 270 g/mol. The lowest BCUT2D eigenvalue weighted by molar-refractivity contribution is 0.208. The Morgan fingerprint density at radius 1 is 0.947 bits per heavy atom. The van der Waals surface area contributed by atoms with Gasteiger partial charge in [0.2, 0.25) is 0 Å². The lowest BCUT2D eigenvalue weighted by atomic mass is 9.76. The number of rotatable bonds is 8. The van der Waals surface area contributed by atoms with Crippen molar-refractivity contribution in [1.29, 1.82) is 0 Å². The summed E-state index contributed by atoms with van der Waals surface area (Å²) < 4.78 is 0. The summed E-state index contributed by atoms with van der Waals surface area (Å²) in [5, 5.41) is 3.61. The predicted molar refractivity (Wildman–Crippen MR) is 87.3 cm³/mol. The van der Waals surface area contributed by atoms with Crippen molar-refractivity contribution in [2.24, 2.45) is 28.4 Å². The van der Waals surface area contributed by atoms with Crippen LogP contribution in [0.25, 0.3) is 0 Å². The molecule has 0 rings (SSSR count). The predicted octanol–water partition coefficient (Wildman–Crippen LogP) is 4.05. The molecule has 0 amide bonds. The third kappa shape index (κ3) is 8.65. The van der Waals surface area contributed by atoms with Crippen LogP contribution in [-0.4, -0.2) is 19.6 Å². The molecule has 0 spiro atoms. The maximum Gasteiger partial charge on any atom is -0.00182 e. The van der Waals surface area contributed by atoms with Gasteiger partial charge >= 0.3 is 0 Å². The maximum atomic E-state index is 5.73. The van der Waals surface area contributed by atoms with Crippen LogP contribution in [0.3, 0.4) is 0 Å². The minimum atomic E-state index is 0.387. The van der Waals surface area contributed by atoms with E-state index in [2.05, 4.69) is 53.8 Å². The van der Waals surface area contributed by atoms with Gasteiger partial charge < -0.3 is 11.1 Å². The average Bonchev–Trinajstić information content (AvgIpc) is 2.24. The molecule has 0 aromatic heterocycles. The Kier molecular flexibility index (Phi) is 8.23. The zero-order chi connectivity index (χ0) is 15.1. The van der Waals surface area contributed by atoms with Gasteiger partial charge in [-0.1, -0.05) is 48.5 Å². The minimum Gasteiger partial charge on any atom is -0.330 e. The van der Waals surface area contributed by atoms with Crippen molar-refractivity contribution < 1.29 is 0 Å². The van der Waals surface area contributed by atoms with E-state index in [-0.39, 0.29) is 0 Å². The molecule has 2 heteroatoms. The van der Waals surface area contributed by atoms with Crippen molar-refractivity contribution in [2.75, 3.05) is 19.6 Å². The summed E-state index contributed by atoms with van der Waals surface area (Å²) in [6.45, 7) is 19.4. The second-order valence-corrected chi connectivity index (χ2v) is 8.25. The number of nitrogens with one attached hydrogen (secondary N) is 1. The maximum absolute atomic E-state index is 5.73. The van der Waals surface area contributed by atoms with Crippen molar-refractivity contribution in [1.82, 2.24) is 5.32 Å². The molecular weight excluding hydrogens is 232 g/mol. The van der Waals surface area contributed by atoms with Crippen LogP contribution in [-0.2, 0) is 0 Å². The minimum absolute atomic E-state index is 0.387. The second-order valence-electron chi connectivity index (χ2n) is 8.25. The van der Waals surface area contributed by atoms with Gasteiger partial charge in [-0.3, -0.25) is 0 Å². The topological polar surface area (TPSA) is 38.0 Å². The van der Waals surface area contributed by atoms with Crippen LogP contribution < -0.4 is 11.1 Å². The van der Waals surface area contributed by atoms with Crippen LogP contribution in [0, 0.1) is 22.7 Å². The Balaban J connectivity index is 3.84. The summed E-state index contributed by atoms with van der Waals surface area (Å²) in [6.07, 6.45) is 3.71. The molecule has 0 aromatic carbocycles. The van der Waals surface area contributed by atoms with E-state index in [1.54, 1.807) is 0 Å². The molecule has 2 nitrogen and oxygen atoms in total. The third-order valence-corrected chi connectivity index (χ3v) is 4.57. The first-order valence-corrected chi connectivity index (χ1v) is 7.99. The lowest BCUT2D eigenvalue weighted by Crippen LogP contribution is -2.31. The van der Waals surface area contributed by atoms with Gasteiger partial charge in [0.05, 0.1) is 0 Å². The molecule has 19 heavy (non-hydrogen) atoms. The van der Waals surface area contributed by atoms with E-state index in [1.165, 1.54) is 12.8 Å². The molecule has 116 valence electrons. The van der Waals surface area contributed by atoms with Gasteiger partial charge in [-0.05, 0) is 61.6 Å². The Bertz CT molecular complexity index is 222. The summed E-state index contributed by atoms with van der Waals surface area (Å²) in [6, 6.07) is 0. The highest BCUT2D eigenvalue weighted by Crippen LogP contribution is 2.32. The van der Waals surface area contributed by atoms with Gasteiger partial charge in [-0.2, -0.15) is 0 Å². The summed E-state index contributed by atoms with van der Waals surface area (Å²) in [5.41, 5.74) is 6.52.